The molecular formula is C29H35N3O4+2. The van der Waals surface area contributed by atoms with Crippen LogP contribution in [0.4, 0.5) is 0 Å². The molecule has 4 atom stereocenters. The van der Waals surface area contributed by atoms with Gasteiger partial charge in [0.05, 0.1) is 30.7 Å². The lowest BCUT2D eigenvalue weighted by Crippen LogP contribution is -2.44. The van der Waals surface area contributed by atoms with Crippen LogP contribution in [-0.2, 0) is 32.3 Å². The van der Waals surface area contributed by atoms with Crippen molar-refractivity contribution in [1.29, 1.82) is 0 Å². The largest absolute Gasteiger partial charge is 0.377 e. The Balaban J connectivity index is 1.02. The van der Waals surface area contributed by atoms with Crippen molar-refractivity contribution in [3.05, 3.63) is 73.1 Å². The van der Waals surface area contributed by atoms with Crippen LogP contribution in [0.25, 0.3) is 11.4 Å². The van der Waals surface area contributed by atoms with E-state index in [2.05, 4.69) is 65.9 Å². The fourth-order valence-electron chi connectivity index (χ4n) is 5.61. The molecule has 2 aromatic rings. The second-order valence-corrected chi connectivity index (χ2v) is 9.97. The maximum Gasteiger partial charge on any atom is 0.345 e. The summed E-state index contributed by atoms with van der Waals surface area (Å²) in [5.74, 6) is -1.18. The number of carbonyl (C=O) groups excluding carboxylic acids is 2. The van der Waals surface area contributed by atoms with E-state index in [1.807, 2.05) is 0 Å². The molecule has 0 radical (unpaired) electrons. The van der Waals surface area contributed by atoms with Gasteiger partial charge in [0, 0.05) is 37.4 Å². The van der Waals surface area contributed by atoms with E-state index >= 15 is 0 Å². The van der Waals surface area contributed by atoms with Crippen molar-refractivity contribution in [2.24, 2.45) is 11.8 Å². The number of hydrogen-bond acceptors (Lipinski definition) is 4. The molecule has 2 fully saturated rings. The number of imide groups is 1. The van der Waals surface area contributed by atoms with E-state index in [4.69, 9.17) is 9.47 Å². The van der Waals surface area contributed by atoms with Crippen molar-refractivity contribution in [2.45, 2.75) is 58.1 Å². The molecule has 0 saturated carbocycles. The molecular weight excluding hydrogens is 454 g/mol. The van der Waals surface area contributed by atoms with Crippen molar-refractivity contribution < 1.29 is 28.2 Å². The Morgan fingerprint density at radius 1 is 0.972 bits per heavy atom. The maximum atomic E-state index is 12.8. The number of carbonyl (C=O) groups is 2. The number of aromatic nitrogens is 2. The van der Waals surface area contributed by atoms with Gasteiger partial charge < -0.3 is 9.47 Å². The summed E-state index contributed by atoms with van der Waals surface area (Å²) in [4.78, 5) is 27.1. The summed E-state index contributed by atoms with van der Waals surface area (Å²) in [5.41, 5.74) is 4.89. The summed E-state index contributed by atoms with van der Waals surface area (Å²) < 4.78 is 16.2. The first-order chi connectivity index (χ1) is 17.5. The lowest BCUT2D eigenvalue weighted by Gasteiger charge is -2.19. The van der Waals surface area contributed by atoms with E-state index in [0.29, 0.717) is 19.8 Å². The van der Waals surface area contributed by atoms with Gasteiger partial charge in [0.1, 0.15) is 0 Å². The van der Waals surface area contributed by atoms with Gasteiger partial charge in [-0.3, -0.25) is 14.5 Å². The minimum Gasteiger partial charge on any atom is -0.377 e. The fraction of sp³-hybridized carbons (Fsp3) is 0.448. The molecule has 2 amide bonds. The topological polar surface area (TPSA) is 63.6 Å². The van der Waals surface area contributed by atoms with Crippen LogP contribution in [0, 0.1) is 18.8 Å². The molecule has 7 heteroatoms. The third-order valence-electron chi connectivity index (χ3n) is 7.52. The second kappa shape index (κ2) is 10.4. The molecule has 0 bridgehead atoms. The predicted octanol–water partition coefficient (Wildman–Crippen LogP) is 2.87. The third-order valence-corrected chi connectivity index (χ3v) is 7.52. The Morgan fingerprint density at radius 2 is 1.61 bits per heavy atom. The number of ether oxygens (including phenoxy) is 2. The van der Waals surface area contributed by atoms with Crippen molar-refractivity contribution in [3.63, 3.8) is 0 Å². The number of pyridine rings is 2. The Labute approximate surface area is 212 Å². The van der Waals surface area contributed by atoms with Crippen LogP contribution >= 0.6 is 0 Å². The standard InChI is InChI=1S/C29H35N3O4/c1-4-24-26-27(25(5-2)36-24)29(34)32(28(26)33)12-8-6-7-9-15-35-18-21-11-14-31-19-30-13-10-20(3)16-22(30)23(31)17-21/h4-5,10-11,13-14,16-17,24-27H,1-2,6-9,12,15,18-19H2,3H3/q+2. The predicted molar refractivity (Wildman–Crippen MR) is 133 cm³/mol. The number of unbranched alkanes of at least 4 members (excludes halogenated alkanes) is 3. The Morgan fingerprint density at radius 3 is 2.31 bits per heavy atom. The number of fused-ring (bicyclic) bond motifs is 4. The summed E-state index contributed by atoms with van der Waals surface area (Å²) in [7, 11) is 0. The van der Waals surface area contributed by atoms with E-state index in [1.54, 1.807) is 12.2 Å². The molecule has 36 heavy (non-hydrogen) atoms. The lowest BCUT2D eigenvalue weighted by molar-refractivity contribution is -0.877. The highest BCUT2D eigenvalue weighted by Crippen LogP contribution is 2.41. The number of rotatable bonds is 11. The highest BCUT2D eigenvalue weighted by Gasteiger charge is 2.58. The van der Waals surface area contributed by atoms with E-state index in [1.165, 1.54) is 27.4 Å². The summed E-state index contributed by atoms with van der Waals surface area (Å²) >= 11 is 0. The highest BCUT2D eigenvalue weighted by atomic mass is 16.5. The molecule has 5 heterocycles. The minimum absolute atomic E-state index is 0.133. The van der Waals surface area contributed by atoms with Gasteiger partial charge in [0.15, 0.2) is 12.4 Å². The van der Waals surface area contributed by atoms with Gasteiger partial charge in [0.2, 0.25) is 11.8 Å². The van der Waals surface area contributed by atoms with Crippen LogP contribution in [0.5, 0.6) is 0 Å². The van der Waals surface area contributed by atoms with Crippen LogP contribution in [0.1, 0.15) is 36.8 Å². The zero-order chi connectivity index (χ0) is 25.2. The third kappa shape index (κ3) is 4.53. The van der Waals surface area contributed by atoms with Crippen molar-refractivity contribution in [3.8, 4) is 11.4 Å². The molecule has 0 spiro atoms. The number of amides is 2. The van der Waals surface area contributed by atoms with E-state index < -0.39 is 24.0 Å². The van der Waals surface area contributed by atoms with Gasteiger partial charge in [0.25, 0.3) is 11.4 Å². The normalized spacial score (nSPS) is 24.1. The first kappa shape index (κ1) is 24.5. The van der Waals surface area contributed by atoms with Crippen molar-refractivity contribution in [1.82, 2.24) is 4.90 Å². The van der Waals surface area contributed by atoms with Gasteiger partial charge in [-0.05, 0) is 30.9 Å². The molecule has 3 aliphatic rings. The molecule has 0 N–H and O–H groups in total. The summed E-state index contributed by atoms with van der Waals surface area (Å²) in [6, 6.07) is 8.71. The molecule has 2 aromatic heterocycles. The molecule has 0 aliphatic carbocycles. The highest BCUT2D eigenvalue weighted by molar-refractivity contribution is 6.06. The van der Waals surface area contributed by atoms with Crippen LogP contribution < -0.4 is 9.13 Å². The molecule has 4 unspecified atom stereocenters. The average molecular weight is 490 g/mol. The smallest absolute Gasteiger partial charge is 0.345 e. The minimum atomic E-state index is -0.458. The summed E-state index contributed by atoms with van der Waals surface area (Å²) in [6.07, 6.45) is 10.4. The molecule has 7 nitrogen and oxygen atoms in total. The number of aryl methyl sites for hydroxylation is 1. The Bertz CT molecular complexity index is 1160. The monoisotopic (exact) mass is 489 g/mol. The van der Waals surface area contributed by atoms with E-state index in [-0.39, 0.29) is 11.8 Å². The number of hydrogen-bond donors (Lipinski definition) is 0. The Hall–Kier alpha value is -3.16. The maximum absolute atomic E-state index is 12.8. The lowest BCUT2D eigenvalue weighted by atomic mass is 9.89. The first-order valence-corrected chi connectivity index (χ1v) is 12.9. The molecule has 0 aromatic carbocycles. The van der Waals surface area contributed by atoms with Crippen molar-refractivity contribution >= 4 is 11.8 Å². The van der Waals surface area contributed by atoms with Gasteiger partial charge >= 0.3 is 6.67 Å². The zero-order valence-electron chi connectivity index (χ0n) is 21.0. The quantitative estimate of drug-likeness (QED) is 0.180. The van der Waals surface area contributed by atoms with E-state index in [0.717, 1.165) is 32.4 Å². The van der Waals surface area contributed by atoms with Gasteiger partial charge in [-0.2, -0.15) is 0 Å². The molecule has 2 saturated heterocycles. The second-order valence-electron chi connectivity index (χ2n) is 9.97. The summed E-state index contributed by atoms with van der Waals surface area (Å²) in [5, 5.41) is 0. The van der Waals surface area contributed by atoms with Crippen molar-refractivity contribution in [2.75, 3.05) is 13.2 Å². The Kier molecular flexibility index (Phi) is 7.12. The van der Waals surface area contributed by atoms with Crippen LogP contribution in [0.15, 0.2) is 62.0 Å². The summed E-state index contributed by atoms with van der Waals surface area (Å²) in [6.45, 7) is 12.2. The van der Waals surface area contributed by atoms with Crippen LogP contribution in [0.3, 0.4) is 0 Å². The van der Waals surface area contributed by atoms with Crippen LogP contribution in [0.2, 0.25) is 0 Å². The van der Waals surface area contributed by atoms with Crippen LogP contribution in [-0.4, -0.2) is 42.1 Å². The first-order valence-electron chi connectivity index (χ1n) is 12.9. The fourth-order valence-corrected chi connectivity index (χ4v) is 5.61. The van der Waals surface area contributed by atoms with E-state index in [9.17, 15) is 9.59 Å². The zero-order valence-corrected chi connectivity index (χ0v) is 21.0. The number of nitrogens with zero attached hydrogens (tertiary/aromatic N) is 3. The average Bonchev–Trinajstić information content (AvgIpc) is 3.51. The van der Waals surface area contributed by atoms with Gasteiger partial charge in [-0.25, -0.2) is 0 Å². The van der Waals surface area contributed by atoms with Gasteiger partial charge in [-0.1, -0.05) is 25.0 Å². The molecule has 3 aliphatic heterocycles. The number of likely N-dealkylation sites (tertiary alicyclic amines) is 1. The SMILES string of the molecule is C=CC1OC(C=C)C2C(=O)N(CCCCCCOCc3cc[n+]4c(c3)-c3cc(C)cc[n+]3C4)C(=O)C12. The molecule has 188 valence electrons. The van der Waals surface area contributed by atoms with Gasteiger partial charge in [-0.15, -0.1) is 22.3 Å². The molecule has 5 rings (SSSR count).